The number of aromatic nitrogens is 1. The quantitative estimate of drug-likeness (QED) is 0.437. The van der Waals surface area contributed by atoms with E-state index in [1.807, 2.05) is 36.4 Å². The second-order valence-corrected chi connectivity index (χ2v) is 7.60. The van der Waals surface area contributed by atoms with Crippen molar-refractivity contribution in [2.45, 2.75) is 19.6 Å². The molecule has 3 aromatic carbocycles. The van der Waals surface area contributed by atoms with E-state index in [0.29, 0.717) is 25.3 Å². The Labute approximate surface area is 186 Å². The fourth-order valence-electron chi connectivity index (χ4n) is 3.77. The fraction of sp³-hybridized carbons (Fsp3) is 0.154. The maximum Gasteiger partial charge on any atom is 0.335 e. The molecule has 4 aromatic rings. The minimum Gasteiger partial charge on any atom is -0.489 e. The first-order valence-electron chi connectivity index (χ1n) is 10.3. The van der Waals surface area contributed by atoms with Crippen molar-refractivity contribution in [2.24, 2.45) is 5.73 Å². The molecule has 6 heteroatoms. The van der Waals surface area contributed by atoms with Crippen LogP contribution >= 0.6 is 0 Å². The first-order chi connectivity index (χ1) is 15.6. The van der Waals surface area contributed by atoms with Crippen LogP contribution in [0.2, 0.25) is 0 Å². The van der Waals surface area contributed by atoms with Crippen molar-refractivity contribution in [3.8, 4) is 11.8 Å². The van der Waals surface area contributed by atoms with E-state index in [9.17, 15) is 9.90 Å². The van der Waals surface area contributed by atoms with Gasteiger partial charge in [0.05, 0.1) is 17.2 Å². The lowest BCUT2D eigenvalue weighted by Gasteiger charge is -2.09. The van der Waals surface area contributed by atoms with Gasteiger partial charge >= 0.3 is 5.97 Å². The number of aromatic carboxylic acids is 1. The largest absolute Gasteiger partial charge is 0.489 e. The highest BCUT2D eigenvalue weighted by molar-refractivity contribution is 5.88. The lowest BCUT2D eigenvalue weighted by molar-refractivity contribution is 0.0696. The predicted octanol–water partition coefficient (Wildman–Crippen LogP) is 4.34. The molecule has 32 heavy (non-hydrogen) atoms. The Morgan fingerprint density at radius 2 is 1.88 bits per heavy atom. The number of fused-ring (bicyclic) bond motifs is 1. The van der Waals surface area contributed by atoms with Crippen molar-refractivity contribution < 1.29 is 14.6 Å². The molecule has 0 aliphatic rings. The van der Waals surface area contributed by atoms with E-state index in [0.717, 1.165) is 39.8 Å². The van der Waals surface area contributed by atoms with E-state index < -0.39 is 5.97 Å². The van der Waals surface area contributed by atoms with Gasteiger partial charge in [-0.05, 0) is 72.1 Å². The van der Waals surface area contributed by atoms with Gasteiger partial charge < -0.3 is 20.1 Å². The second kappa shape index (κ2) is 9.38. The van der Waals surface area contributed by atoms with Crippen LogP contribution in [-0.2, 0) is 19.6 Å². The Morgan fingerprint density at radius 3 is 2.59 bits per heavy atom. The third-order valence-corrected chi connectivity index (χ3v) is 5.36. The van der Waals surface area contributed by atoms with Gasteiger partial charge in [-0.15, -0.1) is 0 Å². The fourth-order valence-corrected chi connectivity index (χ4v) is 3.77. The van der Waals surface area contributed by atoms with Crippen molar-refractivity contribution >= 4 is 16.9 Å². The average molecular weight is 425 g/mol. The van der Waals surface area contributed by atoms with Crippen molar-refractivity contribution in [1.82, 2.24) is 4.57 Å². The van der Waals surface area contributed by atoms with Crippen molar-refractivity contribution in [2.75, 3.05) is 6.54 Å². The number of nitrogens with two attached hydrogens (primary N) is 1. The average Bonchev–Trinajstić information content (AvgIpc) is 3.15. The number of carboxylic acids is 1. The number of hydrogen-bond acceptors (Lipinski definition) is 4. The van der Waals surface area contributed by atoms with Gasteiger partial charge in [-0.25, -0.2) is 4.79 Å². The van der Waals surface area contributed by atoms with Crippen LogP contribution < -0.4 is 10.5 Å². The number of nitrogens with zero attached hydrogens (tertiary/aromatic N) is 2. The maximum atomic E-state index is 11.3. The molecule has 0 atom stereocenters. The molecule has 0 unspecified atom stereocenters. The van der Waals surface area contributed by atoms with Crippen molar-refractivity contribution in [1.29, 1.82) is 5.26 Å². The molecule has 0 radical (unpaired) electrons. The SMILES string of the molecule is N#Cc1ccc(COc2ccc3c(c2)c(CCN)cn3Cc2cccc(C(=O)O)c2)cc1. The summed E-state index contributed by atoms with van der Waals surface area (Å²) < 4.78 is 8.10. The normalized spacial score (nSPS) is 10.8. The Kier molecular flexibility index (Phi) is 6.20. The third-order valence-electron chi connectivity index (χ3n) is 5.36. The molecule has 0 fully saturated rings. The van der Waals surface area contributed by atoms with Crippen LogP contribution in [0.4, 0.5) is 0 Å². The van der Waals surface area contributed by atoms with Crippen LogP contribution in [0.3, 0.4) is 0 Å². The number of benzene rings is 3. The Bertz CT molecular complexity index is 1300. The van der Waals surface area contributed by atoms with Crippen LogP contribution in [0, 0.1) is 11.3 Å². The highest BCUT2D eigenvalue weighted by Crippen LogP contribution is 2.28. The summed E-state index contributed by atoms with van der Waals surface area (Å²) in [6, 6.07) is 22.4. The van der Waals surface area contributed by atoms with E-state index in [-0.39, 0.29) is 5.56 Å². The molecule has 0 saturated carbocycles. The summed E-state index contributed by atoms with van der Waals surface area (Å²) in [5, 5.41) is 19.3. The molecule has 0 aliphatic carbocycles. The van der Waals surface area contributed by atoms with Gasteiger partial charge in [0.2, 0.25) is 0 Å². The van der Waals surface area contributed by atoms with Crippen LogP contribution in [-0.4, -0.2) is 22.2 Å². The molecule has 1 heterocycles. The van der Waals surface area contributed by atoms with Gasteiger partial charge in [0.15, 0.2) is 0 Å². The summed E-state index contributed by atoms with van der Waals surface area (Å²) in [5.74, 6) is -0.178. The van der Waals surface area contributed by atoms with Crippen LogP contribution in [0.15, 0.2) is 72.9 Å². The topological polar surface area (TPSA) is 101 Å². The summed E-state index contributed by atoms with van der Waals surface area (Å²) in [6.45, 7) is 1.50. The number of nitriles is 1. The number of ether oxygens (including phenoxy) is 1. The van der Waals surface area contributed by atoms with Gasteiger partial charge in [0.25, 0.3) is 0 Å². The van der Waals surface area contributed by atoms with Crippen molar-refractivity contribution in [3.05, 3.63) is 101 Å². The highest BCUT2D eigenvalue weighted by atomic mass is 16.5. The lowest BCUT2D eigenvalue weighted by Crippen LogP contribution is -2.03. The van der Waals surface area contributed by atoms with E-state index in [2.05, 4.69) is 16.8 Å². The molecule has 0 saturated heterocycles. The highest BCUT2D eigenvalue weighted by Gasteiger charge is 2.11. The lowest BCUT2D eigenvalue weighted by atomic mass is 10.1. The minimum atomic E-state index is -0.933. The second-order valence-electron chi connectivity index (χ2n) is 7.60. The standard InChI is InChI=1S/C26H23N3O3/c27-11-10-22-16-29(15-20-2-1-3-21(12-20)26(30)31)25-9-8-23(13-24(22)25)32-17-19-6-4-18(14-28)5-7-19/h1-9,12-13,16H,10-11,15,17,27H2,(H,30,31). The number of hydrogen-bond donors (Lipinski definition) is 2. The van der Waals surface area contributed by atoms with Crippen molar-refractivity contribution in [3.63, 3.8) is 0 Å². The third kappa shape index (κ3) is 4.64. The van der Waals surface area contributed by atoms with Crippen LogP contribution in [0.1, 0.15) is 32.6 Å². The zero-order chi connectivity index (χ0) is 22.5. The zero-order valence-corrected chi connectivity index (χ0v) is 17.5. The first-order valence-corrected chi connectivity index (χ1v) is 10.3. The maximum absolute atomic E-state index is 11.3. The molecular weight excluding hydrogens is 402 g/mol. The minimum absolute atomic E-state index is 0.277. The molecule has 0 spiro atoms. The molecule has 4 rings (SSSR count). The smallest absolute Gasteiger partial charge is 0.335 e. The molecule has 6 nitrogen and oxygen atoms in total. The summed E-state index contributed by atoms with van der Waals surface area (Å²) in [5.41, 5.74) is 10.8. The molecule has 0 amide bonds. The van der Waals surface area contributed by atoms with E-state index in [1.54, 1.807) is 30.3 Å². The van der Waals surface area contributed by atoms with E-state index in [4.69, 9.17) is 15.7 Å². The van der Waals surface area contributed by atoms with Gasteiger partial charge in [0, 0.05) is 23.6 Å². The predicted molar refractivity (Wildman–Crippen MR) is 123 cm³/mol. The molecule has 0 bridgehead atoms. The molecular formula is C26H23N3O3. The molecule has 160 valence electrons. The van der Waals surface area contributed by atoms with Gasteiger partial charge in [0.1, 0.15) is 12.4 Å². The van der Waals surface area contributed by atoms with Gasteiger partial charge in [-0.3, -0.25) is 0 Å². The molecule has 0 aliphatic heterocycles. The summed E-state index contributed by atoms with van der Waals surface area (Å²) in [7, 11) is 0. The first kappa shape index (κ1) is 21.2. The van der Waals surface area contributed by atoms with E-state index in [1.165, 1.54) is 0 Å². The zero-order valence-electron chi connectivity index (χ0n) is 17.5. The van der Waals surface area contributed by atoms with Gasteiger partial charge in [-0.1, -0.05) is 24.3 Å². The number of carbonyl (C=O) groups is 1. The van der Waals surface area contributed by atoms with E-state index >= 15 is 0 Å². The Hall–Kier alpha value is -4.08. The monoisotopic (exact) mass is 425 g/mol. The summed E-state index contributed by atoms with van der Waals surface area (Å²) >= 11 is 0. The summed E-state index contributed by atoms with van der Waals surface area (Å²) in [4.78, 5) is 11.3. The van der Waals surface area contributed by atoms with Crippen LogP contribution in [0.25, 0.3) is 10.9 Å². The number of rotatable bonds is 8. The Morgan fingerprint density at radius 1 is 1.06 bits per heavy atom. The van der Waals surface area contributed by atoms with Crippen LogP contribution in [0.5, 0.6) is 5.75 Å². The molecule has 3 N–H and O–H groups in total. The number of carboxylic acid groups (broad SMARTS) is 1. The van der Waals surface area contributed by atoms with Gasteiger partial charge in [-0.2, -0.15) is 5.26 Å². The summed E-state index contributed by atoms with van der Waals surface area (Å²) in [6.07, 6.45) is 2.81. The molecule has 1 aromatic heterocycles. The Balaban J connectivity index is 1.59.